The molecule has 0 radical (unpaired) electrons. The largest absolute Gasteiger partial charge is 0.348 e. The Hall–Kier alpha value is -2.20. The lowest BCUT2D eigenvalue weighted by Crippen LogP contribution is -2.44. The number of nitrogens with zero attached hydrogens (tertiary/aromatic N) is 3. The Balaban J connectivity index is 1.52. The highest BCUT2D eigenvalue weighted by Gasteiger charge is 2.46. The highest BCUT2D eigenvalue weighted by molar-refractivity contribution is 5.83. The van der Waals surface area contributed by atoms with Crippen LogP contribution in [0.2, 0.25) is 0 Å². The molecule has 142 valence electrons. The van der Waals surface area contributed by atoms with Crippen molar-refractivity contribution in [2.45, 2.75) is 25.7 Å². The van der Waals surface area contributed by atoms with Gasteiger partial charge in [0.25, 0.3) is 0 Å². The van der Waals surface area contributed by atoms with Gasteiger partial charge in [-0.25, -0.2) is 0 Å². The van der Waals surface area contributed by atoms with Gasteiger partial charge in [0.05, 0.1) is 5.41 Å². The van der Waals surface area contributed by atoms with Gasteiger partial charge in [0, 0.05) is 39.6 Å². The molecule has 1 aliphatic carbocycles. The van der Waals surface area contributed by atoms with E-state index in [1.165, 1.54) is 30.5 Å². The predicted octanol–water partition coefficient (Wildman–Crippen LogP) is 3.48. The number of carbonyl (C=O) groups is 1. The molecule has 1 aliphatic heterocycles. The topological polar surface area (TPSA) is 36.4 Å². The Kier molecular flexibility index (Phi) is 5.00. The Morgan fingerprint density at radius 3 is 2.59 bits per heavy atom. The number of hydrogen-bond donors (Lipinski definition) is 0. The quantitative estimate of drug-likeness (QED) is 0.788. The number of amides is 1. The van der Waals surface area contributed by atoms with Crippen LogP contribution in [0.15, 0.2) is 48.8 Å². The summed E-state index contributed by atoms with van der Waals surface area (Å²) in [6, 6.07) is 12.7. The van der Waals surface area contributed by atoms with E-state index in [-0.39, 0.29) is 11.3 Å². The summed E-state index contributed by atoms with van der Waals surface area (Å²) in [5.41, 5.74) is 3.25. The first-order valence-corrected chi connectivity index (χ1v) is 9.99. The maximum Gasteiger partial charge on any atom is 0.229 e. The van der Waals surface area contributed by atoms with E-state index >= 15 is 0 Å². The monoisotopic (exact) mass is 363 g/mol. The summed E-state index contributed by atoms with van der Waals surface area (Å²) >= 11 is 0. The zero-order valence-electron chi connectivity index (χ0n) is 16.4. The average molecular weight is 364 g/mol. The highest BCUT2D eigenvalue weighted by atomic mass is 16.2. The number of likely N-dealkylation sites (tertiary alicyclic amines) is 1. The molecule has 4 heteroatoms. The summed E-state index contributed by atoms with van der Waals surface area (Å²) in [6.45, 7) is 3.11. The fourth-order valence-electron chi connectivity index (χ4n) is 4.39. The number of rotatable bonds is 6. The summed E-state index contributed by atoms with van der Waals surface area (Å²) in [5, 5.41) is 0. The van der Waals surface area contributed by atoms with Crippen LogP contribution in [0.3, 0.4) is 0 Å². The van der Waals surface area contributed by atoms with Gasteiger partial charge >= 0.3 is 0 Å². The normalized spacial score (nSPS) is 22.7. The number of hydrogen-bond acceptors (Lipinski definition) is 3. The minimum Gasteiger partial charge on any atom is -0.348 e. The average Bonchev–Trinajstić information content (AvgIpc) is 3.41. The van der Waals surface area contributed by atoms with Crippen LogP contribution in [0.25, 0.3) is 11.1 Å². The maximum atomic E-state index is 13.1. The molecule has 1 aromatic carbocycles. The number of carbonyl (C=O) groups excluding carboxylic acids is 1. The molecule has 0 spiro atoms. The second-order valence-corrected chi connectivity index (χ2v) is 8.52. The van der Waals surface area contributed by atoms with Gasteiger partial charge < -0.3 is 9.80 Å². The molecule has 27 heavy (non-hydrogen) atoms. The van der Waals surface area contributed by atoms with E-state index in [0.29, 0.717) is 0 Å². The third kappa shape index (κ3) is 4.06. The SMILES string of the molecule is CN(C)C(=O)[C@]1(Cc2ccc(-c3cccnc3)cc2)CCN(CC2CC2)C1. The lowest BCUT2D eigenvalue weighted by atomic mass is 9.79. The lowest BCUT2D eigenvalue weighted by molar-refractivity contribution is -0.138. The molecule has 2 heterocycles. The van der Waals surface area contributed by atoms with Crippen LogP contribution in [0.1, 0.15) is 24.8 Å². The van der Waals surface area contributed by atoms with Gasteiger partial charge in [-0.2, -0.15) is 0 Å². The van der Waals surface area contributed by atoms with E-state index < -0.39 is 0 Å². The van der Waals surface area contributed by atoms with E-state index in [0.717, 1.165) is 37.4 Å². The van der Waals surface area contributed by atoms with Gasteiger partial charge in [-0.3, -0.25) is 9.78 Å². The number of aromatic nitrogens is 1. The smallest absolute Gasteiger partial charge is 0.229 e. The molecular weight excluding hydrogens is 334 g/mol. The maximum absolute atomic E-state index is 13.1. The predicted molar refractivity (Wildman–Crippen MR) is 108 cm³/mol. The van der Waals surface area contributed by atoms with Gasteiger partial charge in [0.15, 0.2) is 0 Å². The molecule has 1 saturated carbocycles. The Morgan fingerprint density at radius 2 is 1.96 bits per heavy atom. The summed E-state index contributed by atoms with van der Waals surface area (Å²) in [6.07, 6.45) is 8.18. The fourth-order valence-corrected chi connectivity index (χ4v) is 4.39. The molecule has 1 amide bonds. The molecule has 2 aliphatic rings. The third-order valence-corrected chi connectivity index (χ3v) is 6.00. The molecule has 1 aromatic heterocycles. The van der Waals surface area contributed by atoms with Crippen molar-refractivity contribution >= 4 is 5.91 Å². The summed E-state index contributed by atoms with van der Waals surface area (Å²) in [4.78, 5) is 21.6. The van der Waals surface area contributed by atoms with Gasteiger partial charge in [0.2, 0.25) is 5.91 Å². The first kappa shape index (κ1) is 18.2. The molecule has 0 N–H and O–H groups in total. The van der Waals surface area contributed by atoms with Crippen LogP contribution in [-0.2, 0) is 11.2 Å². The molecule has 4 nitrogen and oxygen atoms in total. The van der Waals surface area contributed by atoms with Crippen LogP contribution in [0.5, 0.6) is 0 Å². The van der Waals surface area contributed by atoms with Crippen molar-refractivity contribution in [3.63, 3.8) is 0 Å². The second-order valence-electron chi connectivity index (χ2n) is 8.52. The third-order valence-electron chi connectivity index (χ3n) is 6.00. The standard InChI is InChI=1S/C23H29N3O/c1-25(2)22(27)23(11-13-26(17-23)16-19-5-6-19)14-18-7-9-20(10-8-18)21-4-3-12-24-15-21/h3-4,7-10,12,15,19H,5-6,11,13-14,16-17H2,1-2H3/t23-/m0/s1. The van der Waals surface area contributed by atoms with Crippen molar-refractivity contribution in [3.8, 4) is 11.1 Å². The van der Waals surface area contributed by atoms with E-state index in [1.807, 2.05) is 26.4 Å². The van der Waals surface area contributed by atoms with Crippen molar-refractivity contribution in [1.29, 1.82) is 0 Å². The fraction of sp³-hybridized carbons (Fsp3) is 0.478. The second kappa shape index (κ2) is 7.43. The first-order chi connectivity index (χ1) is 13.1. The van der Waals surface area contributed by atoms with Gasteiger partial charge in [0.1, 0.15) is 0 Å². The van der Waals surface area contributed by atoms with Crippen molar-refractivity contribution in [1.82, 2.24) is 14.8 Å². The van der Waals surface area contributed by atoms with E-state index in [9.17, 15) is 4.79 Å². The van der Waals surface area contributed by atoms with Crippen molar-refractivity contribution in [2.75, 3.05) is 33.7 Å². The zero-order valence-corrected chi connectivity index (χ0v) is 16.4. The van der Waals surface area contributed by atoms with E-state index in [2.05, 4.69) is 40.2 Å². The minimum atomic E-state index is -0.284. The number of pyridine rings is 1. The molecule has 0 bridgehead atoms. The van der Waals surface area contributed by atoms with Crippen LogP contribution in [0.4, 0.5) is 0 Å². The van der Waals surface area contributed by atoms with Crippen molar-refractivity contribution in [3.05, 3.63) is 54.4 Å². The highest BCUT2D eigenvalue weighted by Crippen LogP contribution is 2.39. The van der Waals surface area contributed by atoms with Crippen LogP contribution in [-0.4, -0.2) is 54.4 Å². The lowest BCUT2D eigenvalue weighted by Gasteiger charge is -2.31. The first-order valence-electron chi connectivity index (χ1n) is 9.99. The van der Waals surface area contributed by atoms with Gasteiger partial charge in [-0.1, -0.05) is 30.3 Å². The Labute approximate surface area is 162 Å². The van der Waals surface area contributed by atoms with Gasteiger partial charge in [-0.05, 0) is 60.9 Å². The molecule has 0 unspecified atom stereocenters. The Bertz CT molecular complexity index is 783. The molecule has 2 fully saturated rings. The minimum absolute atomic E-state index is 0.275. The van der Waals surface area contributed by atoms with Gasteiger partial charge in [-0.15, -0.1) is 0 Å². The number of benzene rings is 1. The molecule has 4 rings (SSSR count). The van der Waals surface area contributed by atoms with Crippen molar-refractivity contribution in [2.24, 2.45) is 11.3 Å². The molecular formula is C23H29N3O. The van der Waals surface area contributed by atoms with E-state index in [4.69, 9.17) is 0 Å². The Morgan fingerprint density at radius 1 is 1.19 bits per heavy atom. The summed E-state index contributed by atoms with van der Waals surface area (Å²) in [5.74, 6) is 1.14. The van der Waals surface area contributed by atoms with Crippen molar-refractivity contribution < 1.29 is 4.79 Å². The molecule has 1 saturated heterocycles. The van der Waals surface area contributed by atoms with Crippen LogP contribution in [0, 0.1) is 11.3 Å². The summed E-state index contributed by atoms with van der Waals surface area (Å²) < 4.78 is 0. The van der Waals surface area contributed by atoms with Crippen LogP contribution < -0.4 is 0 Å². The zero-order chi connectivity index (χ0) is 18.9. The molecule has 1 atom stereocenters. The molecule has 2 aromatic rings. The van der Waals surface area contributed by atoms with Crippen LogP contribution >= 0.6 is 0 Å². The van der Waals surface area contributed by atoms with E-state index in [1.54, 1.807) is 11.1 Å². The summed E-state index contributed by atoms with van der Waals surface area (Å²) in [7, 11) is 3.78.